The highest BCUT2D eigenvalue weighted by atomic mass is 16.2. The quantitative estimate of drug-likeness (QED) is 0.546. The number of nitrogens with two attached hydrogens (primary N) is 1. The van der Waals surface area contributed by atoms with Gasteiger partial charge in [0.2, 0.25) is 5.91 Å². The van der Waals surface area contributed by atoms with Gasteiger partial charge >= 0.3 is 6.03 Å². The van der Waals surface area contributed by atoms with Gasteiger partial charge in [-0.1, -0.05) is 13.8 Å². The van der Waals surface area contributed by atoms with Crippen molar-refractivity contribution in [2.75, 3.05) is 0 Å². The Balaban J connectivity index is 2.50. The summed E-state index contributed by atoms with van der Waals surface area (Å²) in [6.45, 7) is 4.15. The van der Waals surface area contributed by atoms with Crippen molar-refractivity contribution >= 4 is 11.9 Å². The summed E-state index contributed by atoms with van der Waals surface area (Å²) in [5, 5.41) is 11.4. The lowest BCUT2D eigenvalue weighted by Crippen LogP contribution is -2.49. The number of hydrogen-bond acceptors (Lipinski definition) is 4. The molecule has 8 nitrogen and oxygen atoms in total. The Morgan fingerprint density at radius 2 is 2.22 bits per heavy atom. The van der Waals surface area contributed by atoms with Crippen LogP contribution in [-0.4, -0.2) is 33.2 Å². The number of primary amides is 1. The summed E-state index contributed by atoms with van der Waals surface area (Å²) < 4.78 is 0. The first-order chi connectivity index (χ1) is 8.49. The first-order valence-corrected chi connectivity index (χ1v) is 5.67. The van der Waals surface area contributed by atoms with Crippen LogP contribution >= 0.6 is 0 Å². The van der Waals surface area contributed by atoms with Crippen LogP contribution in [0.1, 0.15) is 26.1 Å². The zero-order valence-corrected chi connectivity index (χ0v) is 10.4. The molecule has 0 aliphatic rings. The van der Waals surface area contributed by atoms with Crippen molar-refractivity contribution in [1.29, 1.82) is 0 Å². The average Bonchev–Trinajstić information content (AvgIpc) is 2.76. The Morgan fingerprint density at radius 3 is 2.72 bits per heavy atom. The Hall–Kier alpha value is -2.12. The predicted octanol–water partition coefficient (Wildman–Crippen LogP) is -0.496. The molecule has 5 N–H and O–H groups in total. The van der Waals surface area contributed by atoms with Crippen molar-refractivity contribution in [3.8, 4) is 0 Å². The van der Waals surface area contributed by atoms with Gasteiger partial charge in [0, 0.05) is 0 Å². The summed E-state index contributed by atoms with van der Waals surface area (Å²) in [6.07, 6.45) is 1.87. The van der Waals surface area contributed by atoms with Crippen molar-refractivity contribution < 1.29 is 9.59 Å². The number of carbonyl (C=O) groups is 2. The van der Waals surface area contributed by atoms with Crippen LogP contribution in [0.25, 0.3) is 0 Å². The van der Waals surface area contributed by atoms with Gasteiger partial charge in [-0.2, -0.15) is 5.10 Å². The summed E-state index contributed by atoms with van der Waals surface area (Å²) in [7, 11) is 0. The zero-order chi connectivity index (χ0) is 13.5. The number of hydrogen-bond donors (Lipinski definition) is 4. The monoisotopic (exact) mass is 254 g/mol. The molecule has 1 unspecified atom stereocenters. The SMILES string of the molecule is CC(C)CC(NC(N)=O)C(=O)NCc1ncn[nH]1. The fourth-order valence-corrected chi connectivity index (χ4v) is 1.48. The second-order valence-electron chi connectivity index (χ2n) is 4.34. The number of rotatable bonds is 6. The molecular formula is C10H18N6O2. The Kier molecular flexibility index (Phi) is 5.09. The molecule has 18 heavy (non-hydrogen) atoms. The topological polar surface area (TPSA) is 126 Å². The predicted molar refractivity (Wildman–Crippen MR) is 64.2 cm³/mol. The van der Waals surface area contributed by atoms with Crippen LogP contribution in [0, 0.1) is 5.92 Å². The molecular weight excluding hydrogens is 236 g/mol. The molecule has 3 amide bonds. The molecule has 0 spiro atoms. The van der Waals surface area contributed by atoms with E-state index >= 15 is 0 Å². The molecule has 0 aromatic carbocycles. The van der Waals surface area contributed by atoms with E-state index in [1.54, 1.807) is 0 Å². The minimum atomic E-state index is -0.713. The summed E-state index contributed by atoms with van der Waals surface area (Å²) in [5.41, 5.74) is 5.04. The van der Waals surface area contributed by atoms with Crippen molar-refractivity contribution in [3.05, 3.63) is 12.2 Å². The smallest absolute Gasteiger partial charge is 0.312 e. The lowest BCUT2D eigenvalue weighted by molar-refractivity contribution is -0.123. The molecule has 0 radical (unpaired) electrons. The molecule has 1 atom stereocenters. The number of aromatic nitrogens is 3. The summed E-state index contributed by atoms with van der Waals surface area (Å²) in [6, 6.07) is -1.35. The third-order valence-electron chi connectivity index (χ3n) is 2.24. The van der Waals surface area contributed by atoms with Crippen molar-refractivity contribution in [2.24, 2.45) is 11.7 Å². The minimum Gasteiger partial charge on any atom is -0.352 e. The van der Waals surface area contributed by atoms with Gasteiger partial charge in [-0.15, -0.1) is 0 Å². The third-order valence-corrected chi connectivity index (χ3v) is 2.24. The summed E-state index contributed by atoms with van der Waals surface area (Å²) in [5.74, 6) is 0.516. The molecule has 8 heteroatoms. The third kappa shape index (κ3) is 4.81. The maximum atomic E-state index is 11.9. The standard InChI is InChI=1S/C10H18N6O2/c1-6(2)3-7(15-10(11)18)9(17)12-4-8-13-5-14-16-8/h5-7H,3-4H2,1-2H3,(H,12,17)(H3,11,15,18)(H,13,14,16). The maximum absolute atomic E-state index is 11.9. The highest BCUT2D eigenvalue weighted by molar-refractivity contribution is 5.86. The van der Waals surface area contributed by atoms with Gasteiger partial charge < -0.3 is 16.4 Å². The number of amides is 3. The van der Waals surface area contributed by atoms with Crippen LogP contribution < -0.4 is 16.4 Å². The number of nitrogens with zero attached hydrogens (tertiary/aromatic N) is 2. The van der Waals surface area contributed by atoms with E-state index < -0.39 is 12.1 Å². The first-order valence-electron chi connectivity index (χ1n) is 5.67. The van der Waals surface area contributed by atoms with E-state index in [4.69, 9.17) is 5.73 Å². The number of nitrogens with one attached hydrogen (secondary N) is 3. The van der Waals surface area contributed by atoms with E-state index in [9.17, 15) is 9.59 Å². The molecule has 1 aromatic rings. The highest BCUT2D eigenvalue weighted by Gasteiger charge is 2.20. The molecule has 0 fully saturated rings. The van der Waals surface area contributed by atoms with Crippen LogP contribution in [0.15, 0.2) is 6.33 Å². The number of aromatic amines is 1. The Bertz CT molecular complexity index is 389. The maximum Gasteiger partial charge on any atom is 0.312 e. The normalized spacial score (nSPS) is 12.2. The van der Waals surface area contributed by atoms with Gasteiger partial charge in [0.15, 0.2) is 0 Å². The first kappa shape index (κ1) is 13.9. The van der Waals surface area contributed by atoms with Gasteiger partial charge in [0.05, 0.1) is 6.54 Å². The van der Waals surface area contributed by atoms with E-state index in [0.29, 0.717) is 12.2 Å². The van der Waals surface area contributed by atoms with Crippen molar-refractivity contribution in [2.45, 2.75) is 32.9 Å². The van der Waals surface area contributed by atoms with Gasteiger partial charge in [-0.3, -0.25) is 9.89 Å². The van der Waals surface area contributed by atoms with Crippen LogP contribution in [0.5, 0.6) is 0 Å². The minimum absolute atomic E-state index is 0.230. The van der Waals surface area contributed by atoms with Gasteiger partial charge in [0.1, 0.15) is 18.2 Å². The van der Waals surface area contributed by atoms with E-state index in [0.717, 1.165) is 0 Å². The lowest BCUT2D eigenvalue weighted by atomic mass is 10.0. The largest absolute Gasteiger partial charge is 0.352 e. The molecule has 0 aliphatic carbocycles. The average molecular weight is 254 g/mol. The summed E-state index contributed by atoms with van der Waals surface area (Å²) >= 11 is 0. The fourth-order valence-electron chi connectivity index (χ4n) is 1.48. The zero-order valence-electron chi connectivity index (χ0n) is 10.4. The molecule has 1 aromatic heterocycles. The highest BCUT2D eigenvalue weighted by Crippen LogP contribution is 2.05. The molecule has 1 heterocycles. The van der Waals surface area contributed by atoms with Gasteiger partial charge in [-0.05, 0) is 12.3 Å². The van der Waals surface area contributed by atoms with Gasteiger partial charge in [-0.25, -0.2) is 9.78 Å². The number of H-pyrrole nitrogens is 1. The number of urea groups is 1. The second-order valence-corrected chi connectivity index (χ2v) is 4.34. The number of carbonyl (C=O) groups excluding carboxylic acids is 2. The van der Waals surface area contributed by atoms with E-state index in [-0.39, 0.29) is 18.4 Å². The Labute approximate surface area is 105 Å². The van der Waals surface area contributed by atoms with Crippen molar-refractivity contribution in [3.63, 3.8) is 0 Å². The molecule has 100 valence electrons. The van der Waals surface area contributed by atoms with Crippen LogP contribution in [0.4, 0.5) is 4.79 Å². The molecule has 0 aliphatic heterocycles. The lowest BCUT2D eigenvalue weighted by Gasteiger charge is -2.18. The molecule has 1 rings (SSSR count). The molecule has 0 bridgehead atoms. The molecule has 0 saturated carbocycles. The van der Waals surface area contributed by atoms with E-state index in [1.807, 2.05) is 13.8 Å². The van der Waals surface area contributed by atoms with E-state index in [2.05, 4.69) is 25.8 Å². The van der Waals surface area contributed by atoms with Crippen molar-refractivity contribution in [1.82, 2.24) is 25.8 Å². The van der Waals surface area contributed by atoms with Gasteiger partial charge in [0.25, 0.3) is 0 Å². The van der Waals surface area contributed by atoms with Crippen LogP contribution in [0.2, 0.25) is 0 Å². The summed E-state index contributed by atoms with van der Waals surface area (Å²) in [4.78, 5) is 26.6. The van der Waals surface area contributed by atoms with Crippen LogP contribution in [0.3, 0.4) is 0 Å². The fraction of sp³-hybridized carbons (Fsp3) is 0.600. The van der Waals surface area contributed by atoms with Crippen LogP contribution in [-0.2, 0) is 11.3 Å². The molecule has 0 saturated heterocycles. The second kappa shape index (κ2) is 6.58. The Morgan fingerprint density at radius 1 is 1.50 bits per heavy atom. The van der Waals surface area contributed by atoms with E-state index in [1.165, 1.54) is 6.33 Å².